The van der Waals surface area contributed by atoms with Crippen molar-refractivity contribution in [3.8, 4) is 11.1 Å². The van der Waals surface area contributed by atoms with Crippen molar-refractivity contribution in [3.63, 3.8) is 0 Å². The highest BCUT2D eigenvalue weighted by Gasteiger charge is 2.32. The number of aliphatic carboxylic acids is 1. The van der Waals surface area contributed by atoms with Crippen molar-refractivity contribution >= 4 is 18.0 Å². The molecule has 1 unspecified atom stereocenters. The Balaban J connectivity index is 1.23. The van der Waals surface area contributed by atoms with Gasteiger partial charge in [0.2, 0.25) is 5.91 Å². The first-order valence-electron chi connectivity index (χ1n) is 12.1. The molecule has 2 aromatic carbocycles. The van der Waals surface area contributed by atoms with E-state index in [4.69, 9.17) is 4.74 Å². The van der Waals surface area contributed by atoms with Gasteiger partial charge in [-0.2, -0.15) is 0 Å². The molecule has 0 radical (unpaired) electrons. The Hall–Kier alpha value is -3.35. The van der Waals surface area contributed by atoms with E-state index in [-0.39, 0.29) is 36.9 Å². The number of nitrogens with one attached hydrogen (secondary N) is 2. The summed E-state index contributed by atoms with van der Waals surface area (Å²) in [7, 11) is 0. The Kier molecular flexibility index (Phi) is 7.50. The molecule has 2 aliphatic rings. The quantitative estimate of drug-likeness (QED) is 0.535. The minimum absolute atomic E-state index is 0.00286. The summed E-state index contributed by atoms with van der Waals surface area (Å²) in [4.78, 5) is 36.2. The fourth-order valence-electron chi connectivity index (χ4n) is 5.14. The summed E-state index contributed by atoms with van der Waals surface area (Å²) >= 11 is 0. The number of carboxylic acid groups (broad SMARTS) is 1. The van der Waals surface area contributed by atoms with E-state index in [2.05, 4.69) is 34.9 Å². The number of ether oxygens (including phenoxy) is 1. The molecule has 0 aromatic heterocycles. The Bertz CT molecular complexity index is 1010. The maximum atomic E-state index is 12.4. The third kappa shape index (κ3) is 5.41. The molecule has 180 valence electrons. The van der Waals surface area contributed by atoms with Crippen molar-refractivity contribution in [1.29, 1.82) is 0 Å². The molecule has 2 amide bonds. The van der Waals surface area contributed by atoms with Gasteiger partial charge in [-0.3, -0.25) is 9.59 Å². The van der Waals surface area contributed by atoms with Crippen molar-refractivity contribution in [2.24, 2.45) is 5.92 Å². The van der Waals surface area contributed by atoms with Crippen LogP contribution in [0.3, 0.4) is 0 Å². The van der Waals surface area contributed by atoms with E-state index < -0.39 is 18.0 Å². The summed E-state index contributed by atoms with van der Waals surface area (Å²) in [6.07, 6.45) is 3.25. The molecule has 0 heterocycles. The summed E-state index contributed by atoms with van der Waals surface area (Å²) in [6, 6.07) is 15.8. The topological polar surface area (TPSA) is 105 Å². The van der Waals surface area contributed by atoms with E-state index in [1.807, 2.05) is 31.2 Å². The summed E-state index contributed by atoms with van der Waals surface area (Å²) in [6.45, 7) is 2.07. The molecule has 1 saturated carbocycles. The smallest absolute Gasteiger partial charge is 0.407 e. The molecule has 2 aliphatic carbocycles. The zero-order valence-corrected chi connectivity index (χ0v) is 19.5. The molecule has 34 heavy (non-hydrogen) atoms. The molecule has 0 spiro atoms. The molecular formula is C27H32N2O5. The van der Waals surface area contributed by atoms with Crippen molar-refractivity contribution in [2.45, 2.75) is 63.5 Å². The van der Waals surface area contributed by atoms with Crippen LogP contribution in [0.25, 0.3) is 11.1 Å². The van der Waals surface area contributed by atoms with E-state index in [0.29, 0.717) is 19.3 Å². The van der Waals surface area contributed by atoms with Crippen LogP contribution in [-0.4, -0.2) is 41.8 Å². The molecular weight excluding hydrogens is 432 g/mol. The van der Waals surface area contributed by atoms with E-state index >= 15 is 0 Å². The number of carboxylic acids is 1. The Labute approximate surface area is 199 Å². The average molecular weight is 465 g/mol. The minimum Gasteiger partial charge on any atom is -0.481 e. The predicted molar refractivity (Wildman–Crippen MR) is 128 cm³/mol. The van der Waals surface area contributed by atoms with E-state index in [9.17, 15) is 19.5 Å². The first-order chi connectivity index (χ1) is 16.4. The number of hydrogen-bond acceptors (Lipinski definition) is 4. The second-order valence-electron chi connectivity index (χ2n) is 9.31. The molecule has 1 fully saturated rings. The van der Waals surface area contributed by atoms with Crippen LogP contribution in [0.1, 0.15) is 62.5 Å². The van der Waals surface area contributed by atoms with Crippen molar-refractivity contribution < 1.29 is 24.2 Å². The maximum absolute atomic E-state index is 12.4. The lowest BCUT2D eigenvalue weighted by atomic mass is 9.84. The summed E-state index contributed by atoms with van der Waals surface area (Å²) in [5.41, 5.74) is 4.66. The lowest BCUT2D eigenvalue weighted by molar-refractivity contribution is -0.144. The summed E-state index contributed by atoms with van der Waals surface area (Å²) in [5, 5.41) is 15.0. The number of fused-ring (bicyclic) bond motifs is 3. The monoisotopic (exact) mass is 464 g/mol. The Morgan fingerprint density at radius 2 is 1.62 bits per heavy atom. The molecule has 7 nitrogen and oxygen atoms in total. The van der Waals surface area contributed by atoms with Gasteiger partial charge in [-0.15, -0.1) is 0 Å². The number of carbonyl (C=O) groups is 3. The van der Waals surface area contributed by atoms with Crippen LogP contribution in [0.2, 0.25) is 0 Å². The first kappa shape index (κ1) is 23.8. The SMILES string of the molecule is CC(CCC(=O)N[C@@H]1CCCC[C@@H]1C(=O)O)NC(=O)OCC1c2ccccc2-c2ccccc21. The van der Waals surface area contributed by atoms with Crippen LogP contribution in [0.5, 0.6) is 0 Å². The number of amides is 2. The standard InChI is InChI=1S/C27H32N2O5/c1-17(14-15-25(30)29-24-13-7-6-12-22(24)26(31)32)28-27(33)34-16-23-20-10-4-2-8-18(20)19-9-3-5-11-21(19)23/h2-5,8-11,17,22-24H,6-7,12-16H2,1H3,(H,28,33)(H,29,30)(H,31,32)/t17?,22-,24+/m0/s1. The van der Waals surface area contributed by atoms with Gasteiger partial charge < -0.3 is 20.5 Å². The van der Waals surface area contributed by atoms with E-state index in [1.54, 1.807) is 0 Å². The van der Waals surface area contributed by atoms with Gasteiger partial charge in [0.1, 0.15) is 6.61 Å². The molecule has 2 aromatic rings. The maximum Gasteiger partial charge on any atom is 0.407 e. The van der Waals surface area contributed by atoms with Crippen molar-refractivity contribution in [2.75, 3.05) is 6.61 Å². The third-order valence-electron chi connectivity index (χ3n) is 6.94. The lowest BCUT2D eigenvalue weighted by Crippen LogP contribution is -2.45. The zero-order valence-electron chi connectivity index (χ0n) is 19.5. The second-order valence-corrected chi connectivity index (χ2v) is 9.31. The number of rotatable bonds is 8. The van der Waals surface area contributed by atoms with Gasteiger partial charge in [0.05, 0.1) is 5.92 Å². The molecule has 7 heteroatoms. The second kappa shape index (κ2) is 10.7. The number of benzene rings is 2. The molecule has 0 saturated heterocycles. The van der Waals surface area contributed by atoms with Gasteiger partial charge in [0.25, 0.3) is 0 Å². The number of alkyl carbamates (subject to hydrolysis) is 1. The van der Waals surface area contributed by atoms with Crippen LogP contribution < -0.4 is 10.6 Å². The molecule has 0 bridgehead atoms. The largest absolute Gasteiger partial charge is 0.481 e. The highest BCUT2D eigenvalue weighted by Crippen LogP contribution is 2.44. The third-order valence-corrected chi connectivity index (χ3v) is 6.94. The summed E-state index contributed by atoms with van der Waals surface area (Å²) in [5.74, 6) is -1.55. The molecule has 3 N–H and O–H groups in total. The number of carbonyl (C=O) groups excluding carboxylic acids is 2. The lowest BCUT2D eigenvalue weighted by Gasteiger charge is -2.29. The fraction of sp³-hybridized carbons (Fsp3) is 0.444. The van der Waals surface area contributed by atoms with Crippen LogP contribution in [0.15, 0.2) is 48.5 Å². The van der Waals surface area contributed by atoms with Gasteiger partial charge in [0.15, 0.2) is 0 Å². The summed E-state index contributed by atoms with van der Waals surface area (Å²) < 4.78 is 5.56. The van der Waals surface area contributed by atoms with Gasteiger partial charge in [-0.1, -0.05) is 61.4 Å². The molecule has 3 atom stereocenters. The average Bonchev–Trinajstić information content (AvgIpc) is 3.15. The van der Waals surface area contributed by atoms with Crippen LogP contribution >= 0.6 is 0 Å². The Morgan fingerprint density at radius 1 is 1.00 bits per heavy atom. The first-order valence-corrected chi connectivity index (χ1v) is 12.1. The minimum atomic E-state index is -0.852. The van der Waals surface area contributed by atoms with Crippen molar-refractivity contribution in [1.82, 2.24) is 10.6 Å². The Morgan fingerprint density at radius 3 is 2.26 bits per heavy atom. The van der Waals surface area contributed by atoms with E-state index in [1.165, 1.54) is 11.1 Å². The van der Waals surface area contributed by atoms with Crippen LogP contribution in [0, 0.1) is 5.92 Å². The van der Waals surface area contributed by atoms with Gasteiger partial charge in [-0.05, 0) is 48.4 Å². The fourth-order valence-corrected chi connectivity index (χ4v) is 5.14. The zero-order chi connectivity index (χ0) is 24.1. The van der Waals surface area contributed by atoms with Crippen molar-refractivity contribution in [3.05, 3.63) is 59.7 Å². The highest BCUT2D eigenvalue weighted by molar-refractivity contribution is 5.79. The molecule has 4 rings (SSSR count). The highest BCUT2D eigenvalue weighted by atomic mass is 16.5. The molecule has 0 aliphatic heterocycles. The van der Waals surface area contributed by atoms with Crippen LogP contribution in [-0.2, 0) is 14.3 Å². The predicted octanol–water partition coefficient (Wildman–Crippen LogP) is 4.45. The van der Waals surface area contributed by atoms with Gasteiger partial charge in [0, 0.05) is 24.4 Å². The van der Waals surface area contributed by atoms with Crippen LogP contribution in [0.4, 0.5) is 4.79 Å². The number of hydrogen-bond donors (Lipinski definition) is 3. The van der Waals surface area contributed by atoms with E-state index in [0.717, 1.165) is 24.0 Å². The van der Waals surface area contributed by atoms with Gasteiger partial charge in [-0.25, -0.2) is 4.79 Å². The van der Waals surface area contributed by atoms with Gasteiger partial charge >= 0.3 is 12.1 Å². The normalized spacial score (nSPS) is 20.0.